The van der Waals surface area contributed by atoms with Crippen molar-refractivity contribution in [3.8, 4) is 0 Å². The molecule has 1 fully saturated rings. The summed E-state index contributed by atoms with van der Waals surface area (Å²) in [5, 5.41) is 0. The van der Waals surface area contributed by atoms with E-state index in [1.54, 1.807) is 6.20 Å². The summed E-state index contributed by atoms with van der Waals surface area (Å²) in [5.41, 5.74) is 1.09. The Labute approximate surface area is 95.9 Å². The smallest absolute Gasteiger partial charge is 0.212 e. The lowest BCUT2D eigenvalue weighted by Gasteiger charge is -2.33. The van der Waals surface area contributed by atoms with Gasteiger partial charge in [-0.2, -0.15) is 4.39 Å². The van der Waals surface area contributed by atoms with E-state index >= 15 is 0 Å². The number of aromatic nitrogens is 1. The number of pyridine rings is 1. The van der Waals surface area contributed by atoms with Crippen molar-refractivity contribution in [1.82, 2.24) is 14.8 Å². The molecular weight excluding hydrogens is 205 g/mol. The highest BCUT2D eigenvalue weighted by Crippen LogP contribution is 2.07. The molecule has 2 heterocycles. The van der Waals surface area contributed by atoms with E-state index < -0.39 is 5.95 Å². The number of halogens is 1. The average Bonchev–Trinajstić information content (AvgIpc) is 2.33. The maximum atomic E-state index is 12.6. The lowest BCUT2D eigenvalue weighted by molar-refractivity contribution is 0.132. The topological polar surface area (TPSA) is 19.4 Å². The van der Waals surface area contributed by atoms with Crippen molar-refractivity contribution in [3.05, 3.63) is 29.8 Å². The molecule has 0 saturated carbocycles. The number of nitrogens with zero attached hydrogens (tertiary/aromatic N) is 3. The molecule has 0 unspecified atom stereocenters. The Morgan fingerprint density at radius 1 is 1.19 bits per heavy atom. The fourth-order valence-electron chi connectivity index (χ4n) is 2.02. The standard InChI is InChI=1S/C12H18FN3/c1-2-15-5-7-16(8-6-15)10-11-3-4-12(13)14-9-11/h3-4,9H,2,5-8,10H2,1H3. The molecule has 3 nitrogen and oxygen atoms in total. The molecule has 0 radical (unpaired) electrons. The number of piperazine rings is 1. The van der Waals surface area contributed by atoms with Crippen LogP contribution in [0.25, 0.3) is 0 Å². The van der Waals surface area contributed by atoms with Crippen molar-refractivity contribution in [2.24, 2.45) is 0 Å². The zero-order valence-corrected chi connectivity index (χ0v) is 9.69. The summed E-state index contributed by atoms with van der Waals surface area (Å²) < 4.78 is 12.6. The largest absolute Gasteiger partial charge is 0.301 e. The summed E-state index contributed by atoms with van der Waals surface area (Å²) in [6.45, 7) is 8.64. The average molecular weight is 223 g/mol. The summed E-state index contributed by atoms with van der Waals surface area (Å²) in [5.74, 6) is -0.403. The Hall–Kier alpha value is -1.00. The van der Waals surface area contributed by atoms with Crippen molar-refractivity contribution in [2.45, 2.75) is 13.5 Å². The second kappa shape index (κ2) is 5.37. The van der Waals surface area contributed by atoms with E-state index in [0.717, 1.165) is 44.8 Å². The Kier molecular flexibility index (Phi) is 3.85. The van der Waals surface area contributed by atoms with Crippen molar-refractivity contribution in [2.75, 3.05) is 32.7 Å². The molecule has 1 aromatic rings. The number of hydrogen-bond acceptors (Lipinski definition) is 3. The van der Waals surface area contributed by atoms with Crippen LogP contribution in [0.15, 0.2) is 18.3 Å². The Bertz CT molecular complexity index is 318. The van der Waals surface area contributed by atoms with Gasteiger partial charge in [-0.25, -0.2) is 4.98 Å². The maximum absolute atomic E-state index is 12.6. The van der Waals surface area contributed by atoms with Gasteiger partial charge in [0.05, 0.1) is 0 Å². The quantitative estimate of drug-likeness (QED) is 0.721. The third-order valence-electron chi connectivity index (χ3n) is 3.11. The zero-order valence-electron chi connectivity index (χ0n) is 9.69. The van der Waals surface area contributed by atoms with Gasteiger partial charge in [0.25, 0.3) is 0 Å². The maximum Gasteiger partial charge on any atom is 0.212 e. The molecule has 1 aliphatic rings. The van der Waals surface area contributed by atoms with E-state index in [2.05, 4.69) is 21.7 Å². The third kappa shape index (κ3) is 3.00. The predicted octanol–water partition coefficient (Wildman–Crippen LogP) is 1.36. The molecule has 0 N–H and O–H groups in total. The molecule has 0 atom stereocenters. The summed E-state index contributed by atoms with van der Waals surface area (Å²) in [4.78, 5) is 8.51. The van der Waals surface area contributed by atoms with Gasteiger partial charge in [0.2, 0.25) is 5.95 Å². The first-order valence-corrected chi connectivity index (χ1v) is 5.83. The van der Waals surface area contributed by atoms with Crippen LogP contribution in [0, 0.1) is 5.95 Å². The highest BCUT2D eigenvalue weighted by Gasteiger charge is 2.15. The molecule has 1 aliphatic heterocycles. The van der Waals surface area contributed by atoms with Crippen molar-refractivity contribution in [3.63, 3.8) is 0 Å². The van der Waals surface area contributed by atoms with Crippen LogP contribution in [0.2, 0.25) is 0 Å². The van der Waals surface area contributed by atoms with Gasteiger partial charge in [-0.05, 0) is 18.2 Å². The van der Waals surface area contributed by atoms with Gasteiger partial charge in [-0.3, -0.25) is 4.90 Å². The molecule has 0 bridgehead atoms. The second-order valence-corrected chi connectivity index (χ2v) is 4.20. The minimum Gasteiger partial charge on any atom is -0.301 e. The molecule has 16 heavy (non-hydrogen) atoms. The van der Waals surface area contributed by atoms with E-state index in [1.807, 2.05) is 6.07 Å². The van der Waals surface area contributed by atoms with Gasteiger partial charge in [-0.1, -0.05) is 13.0 Å². The van der Waals surface area contributed by atoms with E-state index in [9.17, 15) is 4.39 Å². The van der Waals surface area contributed by atoms with Gasteiger partial charge in [-0.15, -0.1) is 0 Å². The lowest BCUT2D eigenvalue weighted by Crippen LogP contribution is -2.45. The molecule has 0 aliphatic carbocycles. The minimum absolute atomic E-state index is 0.403. The van der Waals surface area contributed by atoms with Gasteiger partial charge in [0.1, 0.15) is 0 Å². The lowest BCUT2D eigenvalue weighted by atomic mass is 10.2. The Morgan fingerprint density at radius 3 is 2.44 bits per heavy atom. The first kappa shape index (κ1) is 11.5. The van der Waals surface area contributed by atoms with Crippen molar-refractivity contribution >= 4 is 0 Å². The van der Waals surface area contributed by atoms with Crippen LogP contribution >= 0.6 is 0 Å². The van der Waals surface area contributed by atoms with Crippen molar-refractivity contribution in [1.29, 1.82) is 0 Å². The van der Waals surface area contributed by atoms with Crippen LogP contribution in [0.4, 0.5) is 4.39 Å². The molecule has 4 heteroatoms. The first-order chi connectivity index (χ1) is 7.78. The highest BCUT2D eigenvalue weighted by atomic mass is 19.1. The minimum atomic E-state index is -0.403. The second-order valence-electron chi connectivity index (χ2n) is 4.20. The van der Waals surface area contributed by atoms with E-state index in [-0.39, 0.29) is 0 Å². The molecule has 1 aromatic heterocycles. The zero-order chi connectivity index (χ0) is 11.4. The SMILES string of the molecule is CCN1CCN(Cc2ccc(F)nc2)CC1. The van der Waals surface area contributed by atoms with E-state index in [0.29, 0.717) is 0 Å². The van der Waals surface area contributed by atoms with Crippen LogP contribution in [0.1, 0.15) is 12.5 Å². The molecule has 88 valence electrons. The highest BCUT2D eigenvalue weighted by molar-refractivity contribution is 5.09. The molecule has 0 spiro atoms. The van der Waals surface area contributed by atoms with Crippen LogP contribution in [0.3, 0.4) is 0 Å². The van der Waals surface area contributed by atoms with Crippen LogP contribution < -0.4 is 0 Å². The van der Waals surface area contributed by atoms with E-state index in [4.69, 9.17) is 0 Å². The van der Waals surface area contributed by atoms with Crippen LogP contribution in [0.5, 0.6) is 0 Å². The first-order valence-electron chi connectivity index (χ1n) is 5.83. The third-order valence-corrected chi connectivity index (χ3v) is 3.11. The molecule has 2 rings (SSSR count). The summed E-state index contributed by atoms with van der Waals surface area (Å²) in [6.07, 6.45) is 1.63. The Morgan fingerprint density at radius 2 is 1.88 bits per heavy atom. The molecule has 0 amide bonds. The summed E-state index contributed by atoms with van der Waals surface area (Å²) in [6, 6.07) is 3.24. The fourth-order valence-corrected chi connectivity index (χ4v) is 2.02. The van der Waals surface area contributed by atoms with Crippen LogP contribution in [-0.4, -0.2) is 47.5 Å². The van der Waals surface area contributed by atoms with Gasteiger partial charge >= 0.3 is 0 Å². The summed E-state index contributed by atoms with van der Waals surface area (Å²) in [7, 11) is 0. The molecule has 0 aromatic carbocycles. The van der Waals surface area contributed by atoms with Gasteiger partial charge in [0, 0.05) is 38.9 Å². The monoisotopic (exact) mass is 223 g/mol. The number of likely N-dealkylation sites (N-methyl/N-ethyl adjacent to an activating group) is 1. The van der Waals surface area contributed by atoms with E-state index in [1.165, 1.54) is 6.07 Å². The van der Waals surface area contributed by atoms with Gasteiger partial charge in [0.15, 0.2) is 0 Å². The van der Waals surface area contributed by atoms with Crippen LogP contribution in [-0.2, 0) is 6.54 Å². The number of rotatable bonds is 3. The molecular formula is C12H18FN3. The number of hydrogen-bond donors (Lipinski definition) is 0. The van der Waals surface area contributed by atoms with Crippen molar-refractivity contribution < 1.29 is 4.39 Å². The summed E-state index contributed by atoms with van der Waals surface area (Å²) >= 11 is 0. The predicted molar refractivity (Wildman–Crippen MR) is 61.6 cm³/mol. The molecule has 1 saturated heterocycles. The fraction of sp³-hybridized carbons (Fsp3) is 0.583. The normalized spacial score (nSPS) is 18.9. The van der Waals surface area contributed by atoms with Gasteiger partial charge < -0.3 is 4.90 Å². The Balaban J connectivity index is 1.84.